The number of aromatic nitrogens is 3. The van der Waals surface area contributed by atoms with E-state index in [2.05, 4.69) is 15.4 Å². The zero-order valence-corrected chi connectivity index (χ0v) is 16.8. The number of rotatable bonds is 4. The highest BCUT2D eigenvalue weighted by Gasteiger charge is 2.38. The molecule has 0 saturated heterocycles. The molecule has 1 aliphatic heterocycles. The zero-order valence-electron chi connectivity index (χ0n) is 15.2. The number of benzene rings is 2. The van der Waals surface area contributed by atoms with Crippen LogP contribution in [0.5, 0.6) is 11.5 Å². The van der Waals surface area contributed by atoms with Gasteiger partial charge in [-0.25, -0.2) is 0 Å². The number of phenolic OH excluding ortho intramolecular Hbond substituents is 1. The fourth-order valence-corrected chi connectivity index (χ4v) is 4.03. The molecule has 1 aliphatic rings. The molecule has 28 heavy (non-hydrogen) atoms. The Morgan fingerprint density at radius 2 is 2.14 bits per heavy atom. The molecule has 3 aromatic rings. The predicted octanol–water partition coefficient (Wildman–Crippen LogP) is 3.18. The van der Waals surface area contributed by atoms with Crippen LogP contribution in [0, 0.1) is 0 Å². The number of nitrogens with zero attached hydrogens (tertiary/aromatic N) is 2. The van der Waals surface area contributed by atoms with Gasteiger partial charge >= 0.3 is 11.3 Å². The minimum absolute atomic E-state index is 0.129. The molecule has 9 heteroatoms. The Balaban J connectivity index is 1.97. The summed E-state index contributed by atoms with van der Waals surface area (Å²) >= 11 is 7.65. The van der Waals surface area contributed by atoms with Crippen molar-refractivity contribution < 1.29 is 14.5 Å². The van der Waals surface area contributed by atoms with Crippen molar-refractivity contribution in [2.75, 3.05) is 18.2 Å². The Morgan fingerprint density at radius 3 is 2.89 bits per heavy atom. The number of hydrogen-bond acceptors (Lipinski definition) is 6. The molecule has 0 saturated carbocycles. The lowest BCUT2D eigenvalue weighted by Crippen LogP contribution is -2.55. The molecular weight excluding hydrogens is 400 g/mol. The first kappa shape index (κ1) is 18.6. The van der Waals surface area contributed by atoms with Gasteiger partial charge in [0.15, 0.2) is 11.5 Å². The van der Waals surface area contributed by atoms with Gasteiger partial charge in [-0.15, -0.1) is 0 Å². The summed E-state index contributed by atoms with van der Waals surface area (Å²) in [5.41, 5.74) is 2.49. The molecule has 0 bridgehead atoms. The second-order valence-corrected chi connectivity index (χ2v) is 7.79. The van der Waals surface area contributed by atoms with Crippen molar-refractivity contribution in [2.45, 2.75) is 18.2 Å². The third kappa shape index (κ3) is 3.08. The predicted molar refractivity (Wildman–Crippen MR) is 108 cm³/mol. The lowest BCUT2D eigenvalue weighted by molar-refractivity contribution is -0.759. The molecule has 4 rings (SSSR count). The lowest BCUT2D eigenvalue weighted by atomic mass is 10.0. The van der Waals surface area contributed by atoms with E-state index in [1.807, 2.05) is 31.2 Å². The summed E-state index contributed by atoms with van der Waals surface area (Å²) in [4.78, 5) is 15.7. The maximum Gasteiger partial charge on any atom is 0.325 e. The number of methoxy groups -OCH3 is 1. The van der Waals surface area contributed by atoms with E-state index >= 15 is 0 Å². The molecule has 1 aromatic heterocycles. The second kappa shape index (κ2) is 7.37. The Kier molecular flexibility index (Phi) is 4.91. The van der Waals surface area contributed by atoms with Crippen molar-refractivity contribution in [1.29, 1.82) is 0 Å². The number of thioether (sulfide) groups is 1. The first-order valence-corrected chi connectivity index (χ1v) is 10.0. The van der Waals surface area contributed by atoms with Gasteiger partial charge in [-0.2, -0.15) is 0 Å². The minimum atomic E-state index is -0.504. The number of ether oxygens (including phenoxy) is 1. The fraction of sp³-hybridized carbons (Fsp3) is 0.211. The number of fused-ring (bicyclic) bond motifs is 3. The summed E-state index contributed by atoms with van der Waals surface area (Å²) in [7, 11) is 1.46. The van der Waals surface area contributed by atoms with E-state index in [1.54, 1.807) is 16.8 Å². The summed E-state index contributed by atoms with van der Waals surface area (Å²) < 4.78 is 6.89. The van der Waals surface area contributed by atoms with E-state index < -0.39 is 6.17 Å². The summed E-state index contributed by atoms with van der Waals surface area (Å²) in [5.74, 6) is 0.893. The van der Waals surface area contributed by atoms with E-state index in [0.29, 0.717) is 16.4 Å². The zero-order chi connectivity index (χ0) is 19.8. The van der Waals surface area contributed by atoms with Gasteiger partial charge in [0.25, 0.3) is 6.17 Å². The third-order valence-electron chi connectivity index (χ3n) is 4.45. The van der Waals surface area contributed by atoms with Gasteiger partial charge in [-0.1, -0.05) is 42.4 Å². The molecule has 0 spiro atoms. The van der Waals surface area contributed by atoms with Gasteiger partial charge in [0.2, 0.25) is 5.16 Å². The number of nitrogens with one attached hydrogen (secondary N) is 2. The number of anilines is 1. The summed E-state index contributed by atoms with van der Waals surface area (Å²) in [5, 5.41) is 18.8. The van der Waals surface area contributed by atoms with E-state index in [0.717, 1.165) is 17.0 Å². The van der Waals surface area contributed by atoms with Gasteiger partial charge in [0.05, 0.1) is 23.4 Å². The largest absolute Gasteiger partial charge is 0.503 e. The monoisotopic (exact) mass is 417 g/mol. The Hall–Kier alpha value is -2.71. The lowest BCUT2D eigenvalue weighted by Gasteiger charge is -2.23. The highest BCUT2D eigenvalue weighted by atomic mass is 35.5. The molecule has 2 aromatic carbocycles. The van der Waals surface area contributed by atoms with Crippen LogP contribution in [0.15, 0.2) is 46.3 Å². The molecule has 0 aliphatic carbocycles. The van der Waals surface area contributed by atoms with Crippen LogP contribution in [0.1, 0.15) is 18.7 Å². The Bertz CT molecular complexity index is 1120. The Morgan fingerprint density at radius 1 is 1.36 bits per heavy atom. The van der Waals surface area contributed by atoms with Gasteiger partial charge in [-0.3, -0.25) is 9.78 Å². The van der Waals surface area contributed by atoms with E-state index in [4.69, 9.17) is 16.3 Å². The standard InChI is InChI=1S/C19H17ClN4O3S/c1-3-28-19-22-18(26)15-11-6-4-5-7-13(11)21-17(24(15)23-19)10-8-12(20)16(25)14(9-10)27-2/h4-9,17H,3H2,1-2H3,(H2,22,23,25,26)/p+1/t17-/m1/s1. The number of aromatic hydroxyl groups is 1. The van der Waals surface area contributed by atoms with E-state index in [-0.39, 0.29) is 22.1 Å². The maximum absolute atomic E-state index is 12.9. The molecule has 144 valence electrons. The number of phenols is 1. The van der Waals surface area contributed by atoms with Gasteiger partial charge in [0.1, 0.15) is 0 Å². The Labute approximate surface area is 170 Å². The third-order valence-corrected chi connectivity index (χ3v) is 5.48. The average molecular weight is 418 g/mol. The molecule has 1 atom stereocenters. The SMILES string of the molecule is CCSc1n[n+]2c(c(=O)[nH]1)-c1ccccc1N[C@H]2c1cc(Cl)c(O)c(OC)c1. The number of para-hydroxylation sites is 1. The van der Waals surface area contributed by atoms with E-state index in [9.17, 15) is 9.90 Å². The van der Waals surface area contributed by atoms with Crippen LogP contribution in [-0.2, 0) is 0 Å². The maximum atomic E-state index is 12.9. The van der Waals surface area contributed by atoms with Crippen LogP contribution < -0.4 is 20.3 Å². The topological polar surface area (TPSA) is 91.1 Å². The fourth-order valence-electron chi connectivity index (χ4n) is 3.22. The number of aromatic amines is 1. The summed E-state index contributed by atoms with van der Waals surface area (Å²) in [6.45, 7) is 1.99. The van der Waals surface area contributed by atoms with Crippen molar-refractivity contribution >= 4 is 29.1 Å². The molecule has 3 N–H and O–H groups in total. The van der Waals surface area contributed by atoms with Crippen molar-refractivity contribution in [3.63, 3.8) is 0 Å². The number of hydrogen-bond donors (Lipinski definition) is 3. The van der Waals surface area contributed by atoms with Gasteiger partial charge in [-0.05, 0) is 34.7 Å². The highest BCUT2D eigenvalue weighted by Crippen LogP contribution is 2.38. The van der Waals surface area contributed by atoms with Crippen LogP contribution >= 0.6 is 23.4 Å². The van der Waals surface area contributed by atoms with Crippen LogP contribution in [0.4, 0.5) is 5.69 Å². The summed E-state index contributed by atoms with van der Waals surface area (Å²) in [6.07, 6.45) is -0.504. The first-order chi connectivity index (χ1) is 13.5. The average Bonchev–Trinajstić information content (AvgIpc) is 2.69. The summed E-state index contributed by atoms with van der Waals surface area (Å²) in [6, 6.07) is 10.9. The molecule has 0 unspecified atom stereocenters. The minimum Gasteiger partial charge on any atom is -0.503 e. The molecule has 0 fully saturated rings. The van der Waals surface area contributed by atoms with Gasteiger partial charge in [0, 0.05) is 10.7 Å². The number of H-pyrrole nitrogens is 1. The molecular formula is C19H18ClN4O3S+. The van der Waals surface area contributed by atoms with E-state index in [1.165, 1.54) is 18.9 Å². The molecule has 0 radical (unpaired) electrons. The van der Waals surface area contributed by atoms with Crippen molar-refractivity contribution in [1.82, 2.24) is 10.1 Å². The molecule has 2 heterocycles. The second-order valence-electron chi connectivity index (χ2n) is 6.13. The van der Waals surface area contributed by atoms with Crippen LogP contribution in [0.3, 0.4) is 0 Å². The highest BCUT2D eigenvalue weighted by molar-refractivity contribution is 7.99. The quantitative estimate of drug-likeness (QED) is 0.446. The normalized spacial score (nSPS) is 14.8. The van der Waals surface area contributed by atoms with Crippen LogP contribution in [-0.4, -0.2) is 28.1 Å². The smallest absolute Gasteiger partial charge is 0.325 e. The van der Waals surface area contributed by atoms with Crippen LogP contribution in [0.2, 0.25) is 5.02 Å². The van der Waals surface area contributed by atoms with Crippen molar-refractivity contribution in [2.24, 2.45) is 0 Å². The van der Waals surface area contributed by atoms with Crippen molar-refractivity contribution in [3.05, 3.63) is 57.3 Å². The van der Waals surface area contributed by atoms with Crippen molar-refractivity contribution in [3.8, 4) is 22.8 Å². The first-order valence-electron chi connectivity index (χ1n) is 8.64. The van der Waals surface area contributed by atoms with Crippen LogP contribution in [0.25, 0.3) is 11.3 Å². The van der Waals surface area contributed by atoms with Gasteiger partial charge < -0.3 is 15.2 Å². The number of halogens is 1. The molecule has 0 amide bonds. The molecule has 7 nitrogen and oxygen atoms in total.